The monoisotopic (exact) mass is 439 g/mol. The Morgan fingerprint density at radius 1 is 1.03 bits per heavy atom. The lowest BCUT2D eigenvalue weighted by Gasteiger charge is -2.19. The number of unbranched alkanes of at least 4 members (excludes halogenated alkanes) is 1. The lowest BCUT2D eigenvalue weighted by atomic mass is 10.1. The Bertz CT molecular complexity index is 801. The minimum Gasteiger partial charge on any atom is -0.481 e. The van der Waals surface area contributed by atoms with Crippen molar-refractivity contribution in [2.75, 3.05) is 6.54 Å². The van der Waals surface area contributed by atoms with Gasteiger partial charge in [-0.3, -0.25) is 14.4 Å². The van der Waals surface area contributed by atoms with Crippen molar-refractivity contribution < 1.29 is 38.6 Å². The van der Waals surface area contributed by atoms with Crippen LogP contribution in [-0.4, -0.2) is 63.5 Å². The maximum absolute atomic E-state index is 12.7. The van der Waals surface area contributed by atoms with Crippen LogP contribution in [0.2, 0.25) is 0 Å². The van der Waals surface area contributed by atoms with Gasteiger partial charge in [-0.25, -0.2) is 14.6 Å². The molecule has 0 unspecified atom stereocenters. The zero-order valence-corrected chi connectivity index (χ0v) is 16.9. The smallest absolute Gasteiger partial charge is 0.326 e. The van der Waals surface area contributed by atoms with E-state index in [4.69, 9.17) is 5.11 Å². The SMILES string of the molecule is CC(=O)[C@H](CCC(=O)O)NC(=O)N[C@@H](CCCCNC(=O)c1ccc([18F])nc1)C(=O)O. The predicted octanol–water partition coefficient (Wildman–Crippen LogP) is 0.696. The number of carboxylic acid groups (broad SMARTS) is 2. The Labute approximate surface area is 177 Å². The highest BCUT2D eigenvalue weighted by Crippen LogP contribution is 2.04. The number of Topliss-reactive ketones (excluding diaryl/α,β-unsaturated/α-hetero) is 1. The van der Waals surface area contributed by atoms with E-state index < -0.39 is 47.7 Å². The second kappa shape index (κ2) is 12.9. The van der Waals surface area contributed by atoms with Gasteiger partial charge in [-0.1, -0.05) is 0 Å². The molecule has 31 heavy (non-hydrogen) atoms. The third kappa shape index (κ3) is 10.1. The lowest BCUT2D eigenvalue weighted by molar-refractivity contribution is -0.139. The van der Waals surface area contributed by atoms with Gasteiger partial charge in [0.15, 0.2) is 5.78 Å². The topological polar surface area (TPSA) is 175 Å². The summed E-state index contributed by atoms with van der Waals surface area (Å²) in [5.41, 5.74) is 0.186. The van der Waals surface area contributed by atoms with E-state index in [9.17, 15) is 33.5 Å². The molecule has 0 radical (unpaired) electrons. The van der Waals surface area contributed by atoms with E-state index in [-0.39, 0.29) is 31.4 Å². The van der Waals surface area contributed by atoms with Crippen LogP contribution in [0.5, 0.6) is 0 Å². The summed E-state index contributed by atoms with van der Waals surface area (Å²) in [5, 5.41) is 25.1. The number of aliphatic carboxylic acids is 2. The van der Waals surface area contributed by atoms with Crippen molar-refractivity contribution in [3.63, 3.8) is 0 Å². The van der Waals surface area contributed by atoms with Gasteiger partial charge in [0, 0.05) is 19.2 Å². The summed E-state index contributed by atoms with van der Waals surface area (Å²) >= 11 is 0. The van der Waals surface area contributed by atoms with E-state index in [2.05, 4.69) is 20.9 Å². The van der Waals surface area contributed by atoms with E-state index in [0.717, 1.165) is 12.3 Å². The fraction of sp³-hybridized carbons (Fsp3) is 0.474. The number of rotatable bonds is 13. The fourth-order valence-electron chi connectivity index (χ4n) is 2.55. The summed E-state index contributed by atoms with van der Waals surface area (Å²) in [5.74, 6) is -4.00. The van der Waals surface area contributed by atoms with Gasteiger partial charge in [-0.05, 0) is 44.7 Å². The molecule has 170 valence electrons. The average Bonchev–Trinajstić information content (AvgIpc) is 2.69. The number of amides is 3. The first kappa shape index (κ1) is 25.5. The van der Waals surface area contributed by atoms with Gasteiger partial charge < -0.3 is 26.2 Å². The molecule has 5 N–H and O–H groups in total. The average molecular weight is 439 g/mol. The van der Waals surface area contributed by atoms with Gasteiger partial charge in [0.1, 0.15) is 6.04 Å². The highest BCUT2D eigenvalue weighted by Gasteiger charge is 2.23. The lowest BCUT2D eigenvalue weighted by Crippen LogP contribution is -2.50. The van der Waals surface area contributed by atoms with Crippen LogP contribution < -0.4 is 16.0 Å². The Morgan fingerprint density at radius 2 is 1.71 bits per heavy atom. The number of halogens is 1. The largest absolute Gasteiger partial charge is 0.481 e. The maximum atomic E-state index is 12.7. The maximum Gasteiger partial charge on any atom is 0.326 e. The first-order chi connectivity index (χ1) is 14.6. The molecule has 0 fully saturated rings. The third-order valence-electron chi connectivity index (χ3n) is 4.24. The highest BCUT2D eigenvalue weighted by atomic mass is 18.2. The van der Waals surface area contributed by atoms with Crippen LogP contribution in [-0.2, 0) is 14.4 Å². The number of hydrogen-bond acceptors (Lipinski definition) is 6. The summed E-state index contributed by atoms with van der Waals surface area (Å²) < 4.78 is 12.7. The number of carbonyl (C=O) groups is 5. The number of hydrogen-bond donors (Lipinski definition) is 5. The van der Waals surface area contributed by atoms with Crippen LogP contribution in [0.4, 0.5) is 9.18 Å². The van der Waals surface area contributed by atoms with E-state index in [0.29, 0.717) is 12.8 Å². The van der Waals surface area contributed by atoms with Crippen molar-refractivity contribution in [2.24, 2.45) is 0 Å². The second-order valence-corrected chi connectivity index (χ2v) is 6.73. The normalized spacial score (nSPS) is 12.3. The van der Waals surface area contributed by atoms with Crippen molar-refractivity contribution in [2.45, 2.75) is 51.1 Å². The van der Waals surface area contributed by atoms with Crippen LogP contribution in [0.3, 0.4) is 0 Å². The molecule has 0 aliphatic rings. The second-order valence-electron chi connectivity index (χ2n) is 6.73. The highest BCUT2D eigenvalue weighted by molar-refractivity contribution is 5.93. The molecule has 0 spiro atoms. The Kier molecular flexibility index (Phi) is 10.6. The summed E-state index contributed by atoms with van der Waals surface area (Å²) in [6.07, 6.45) is 1.50. The first-order valence-corrected chi connectivity index (χ1v) is 9.52. The van der Waals surface area contributed by atoms with Gasteiger partial charge in [-0.2, -0.15) is 4.39 Å². The zero-order chi connectivity index (χ0) is 23.4. The molecule has 12 heteroatoms. The Morgan fingerprint density at radius 3 is 2.26 bits per heavy atom. The predicted molar refractivity (Wildman–Crippen MR) is 105 cm³/mol. The van der Waals surface area contributed by atoms with Gasteiger partial charge in [0.25, 0.3) is 5.91 Å². The molecule has 1 heterocycles. The minimum atomic E-state index is -1.28. The molecule has 0 aliphatic heterocycles. The van der Waals surface area contributed by atoms with Crippen LogP contribution in [0.25, 0.3) is 0 Å². The van der Waals surface area contributed by atoms with Crippen LogP contribution in [0.1, 0.15) is 49.4 Å². The van der Waals surface area contributed by atoms with Crippen molar-refractivity contribution in [3.05, 3.63) is 29.8 Å². The summed E-state index contributed by atoms with van der Waals surface area (Å²) in [4.78, 5) is 60.7. The molecule has 0 saturated heterocycles. The number of nitrogens with one attached hydrogen (secondary N) is 3. The van der Waals surface area contributed by atoms with Crippen molar-refractivity contribution in [1.82, 2.24) is 20.9 Å². The zero-order valence-electron chi connectivity index (χ0n) is 16.9. The standard InChI is InChI=1S/C19H25FN4O7/c1-11(25)13(6-8-16(26)27)23-19(31)24-14(18(29)30)4-2-3-9-21-17(28)12-5-7-15(20)22-10-12/h5,7,10,13-14H,2-4,6,8-9H2,1H3,(H,21,28)(H,26,27)(H,29,30)(H2,23,24,31)/t13-,14-/m0/s1/i20-1. The first-order valence-electron chi connectivity index (χ1n) is 9.52. The van der Waals surface area contributed by atoms with Gasteiger partial charge in [-0.15, -0.1) is 0 Å². The molecule has 1 rings (SSSR count). The number of nitrogens with zero attached hydrogens (tertiary/aromatic N) is 1. The number of carboxylic acids is 2. The van der Waals surface area contributed by atoms with E-state index in [1.54, 1.807) is 0 Å². The molecule has 0 aliphatic carbocycles. The van der Waals surface area contributed by atoms with Crippen molar-refractivity contribution >= 4 is 29.7 Å². The quantitative estimate of drug-likeness (QED) is 0.220. The molecular weight excluding hydrogens is 414 g/mol. The summed E-state index contributed by atoms with van der Waals surface area (Å²) in [6.45, 7) is 1.42. The number of urea groups is 1. The van der Waals surface area contributed by atoms with E-state index in [1.165, 1.54) is 13.0 Å². The fourth-order valence-corrected chi connectivity index (χ4v) is 2.55. The molecule has 0 saturated carbocycles. The van der Waals surface area contributed by atoms with E-state index >= 15 is 0 Å². The Hall–Kier alpha value is -3.57. The molecule has 11 nitrogen and oxygen atoms in total. The molecule has 2 atom stereocenters. The molecular formula is C19H25FN4O7. The number of pyridine rings is 1. The van der Waals surface area contributed by atoms with Crippen molar-refractivity contribution in [3.8, 4) is 0 Å². The van der Waals surface area contributed by atoms with Crippen LogP contribution >= 0.6 is 0 Å². The molecule has 1 aromatic rings. The summed E-state index contributed by atoms with van der Waals surface area (Å²) in [7, 11) is 0. The van der Waals surface area contributed by atoms with E-state index in [1.807, 2.05) is 0 Å². The number of carbonyl (C=O) groups excluding carboxylic acids is 3. The molecule has 0 bridgehead atoms. The minimum absolute atomic E-state index is 0.0661. The van der Waals surface area contributed by atoms with Gasteiger partial charge in [0.2, 0.25) is 5.95 Å². The van der Waals surface area contributed by atoms with Crippen LogP contribution in [0, 0.1) is 5.95 Å². The number of ketones is 1. The molecule has 1 aromatic heterocycles. The van der Waals surface area contributed by atoms with Crippen LogP contribution in [0.15, 0.2) is 18.3 Å². The molecule has 3 amide bonds. The third-order valence-corrected chi connectivity index (χ3v) is 4.24. The summed E-state index contributed by atoms with van der Waals surface area (Å²) in [6, 6.07) is -0.826. The number of aromatic nitrogens is 1. The van der Waals surface area contributed by atoms with Gasteiger partial charge >= 0.3 is 18.0 Å². The van der Waals surface area contributed by atoms with Gasteiger partial charge in [0.05, 0.1) is 11.6 Å². The molecule has 0 aromatic carbocycles. The Balaban J connectivity index is 2.41. The van der Waals surface area contributed by atoms with Crippen molar-refractivity contribution in [1.29, 1.82) is 0 Å².